The molecule has 9 heteroatoms. The third kappa shape index (κ3) is 13.2. The van der Waals surface area contributed by atoms with Gasteiger partial charge in [-0.25, -0.2) is 0 Å². The van der Waals surface area contributed by atoms with E-state index in [9.17, 15) is 9.59 Å². The number of benzene rings is 7. The van der Waals surface area contributed by atoms with Crippen LogP contribution in [0.4, 0.5) is 0 Å². The molecule has 0 aromatic heterocycles. The number of fused-ring (bicyclic) bond motifs is 4. The Morgan fingerprint density at radius 2 is 0.831 bits per heavy atom. The number of esters is 2. The topological polar surface area (TPSA) is 89.5 Å². The molecule has 65 heavy (non-hydrogen) atoms. The van der Waals surface area contributed by atoms with E-state index in [1.807, 2.05) is 127 Å². The van der Waals surface area contributed by atoms with Gasteiger partial charge in [-0.3, -0.25) is 9.59 Å². The van der Waals surface area contributed by atoms with Crippen molar-refractivity contribution in [2.45, 2.75) is 103 Å². The Bertz CT molecular complexity index is 2630. The predicted octanol–water partition coefficient (Wildman–Crippen LogP) is 14.5. The fourth-order valence-electron chi connectivity index (χ4n) is 8.21. The molecule has 0 N–H and O–H groups in total. The lowest BCUT2D eigenvalue weighted by atomic mass is 10.0. The summed E-state index contributed by atoms with van der Waals surface area (Å²) in [4.78, 5) is 26.6. The molecule has 8 nitrogen and oxygen atoms in total. The number of unbranched alkanes of at least 4 members (excludes halogenated alkanes) is 8. The predicted molar refractivity (Wildman–Crippen MR) is 266 cm³/mol. The van der Waals surface area contributed by atoms with Crippen LogP contribution >= 0.6 is 15.9 Å². The zero-order valence-electron chi connectivity index (χ0n) is 37.7. The molecule has 0 radical (unpaired) electrons. The summed E-state index contributed by atoms with van der Waals surface area (Å²) in [5.41, 5.74) is 0. The van der Waals surface area contributed by atoms with Crippen molar-refractivity contribution in [3.8, 4) is 23.0 Å². The zero-order chi connectivity index (χ0) is 45.2. The maximum Gasteiger partial charge on any atom is 0.306 e. The minimum atomic E-state index is -0.696. The molecule has 0 aliphatic rings. The van der Waals surface area contributed by atoms with E-state index in [1.54, 1.807) is 0 Å². The van der Waals surface area contributed by atoms with Crippen LogP contribution in [0.2, 0.25) is 0 Å². The van der Waals surface area contributed by atoms with Gasteiger partial charge >= 0.3 is 11.9 Å². The molecule has 0 saturated heterocycles. The van der Waals surface area contributed by atoms with Crippen LogP contribution in [0.5, 0.6) is 23.0 Å². The highest BCUT2D eigenvalue weighted by molar-refractivity contribution is 9.10. The Morgan fingerprint density at radius 3 is 1.32 bits per heavy atom. The van der Waals surface area contributed by atoms with Gasteiger partial charge in [0.05, 0.1) is 0 Å². The summed E-state index contributed by atoms with van der Waals surface area (Å²) < 4.78 is 39.4. The second-order valence-corrected chi connectivity index (χ2v) is 17.6. The van der Waals surface area contributed by atoms with Crippen molar-refractivity contribution in [1.29, 1.82) is 0 Å². The molecule has 7 rings (SSSR count). The van der Waals surface area contributed by atoms with Gasteiger partial charge in [0.1, 0.15) is 49.4 Å². The fourth-order valence-corrected chi connectivity index (χ4v) is 8.57. The lowest BCUT2D eigenvalue weighted by Gasteiger charge is -2.23. The molecule has 0 aliphatic heterocycles. The first-order chi connectivity index (χ1) is 31.9. The Hall–Kier alpha value is -5.80. The van der Waals surface area contributed by atoms with Crippen LogP contribution in [0.15, 0.2) is 132 Å². The average Bonchev–Trinajstić information content (AvgIpc) is 3.33. The van der Waals surface area contributed by atoms with Gasteiger partial charge in [0.15, 0.2) is 12.2 Å². The zero-order valence-corrected chi connectivity index (χ0v) is 39.3. The minimum absolute atomic E-state index is 0.0557. The number of hydrogen-bond acceptors (Lipinski definition) is 8. The van der Waals surface area contributed by atoms with Crippen molar-refractivity contribution in [1.82, 2.24) is 0 Å². The van der Waals surface area contributed by atoms with Gasteiger partial charge in [-0.2, -0.15) is 0 Å². The van der Waals surface area contributed by atoms with Crippen LogP contribution in [0.3, 0.4) is 0 Å². The molecule has 0 saturated carbocycles. The van der Waals surface area contributed by atoms with Crippen LogP contribution < -0.4 is 18.9 Å². The molecule has 0 amide bonds. The molecule has 7 aromatic carbocycles. The van der Waals surface area contributed by atoms with Gasteiger partial charge in [-0.05, 0) is 53.9 Å². The maximum atomic E-state index is 13.3. The fraction of sp³-hybridized carbons (Fsp3) is 0.357. The van der Waals surface area contributed by atoms with Crippen molar-refractivity contribution in [3.63, 3.8) is 0 Å². The molecule has 0 bridgehead atoms. The summed E-state index contributed by atoms with van der Waals surface area (Å²) in [6.45, 7) is 4.69. The van der Waals surface area contributed by atoms with E-state index in [4.69, 9.17) is 28.4 Å². The summed E-state index contributed by atoms with van der Waals surface area (Å²) in [7, 11) is 0. The van der Waals surface area contributed by atoms with E-state index in [0.717, 1.165) is 112 Å². The second kappa shape index (κ2) is 24.5. The van der Waals surface area contributed by atoms with Crippen molar-refractivity contribution in [3.05, 3.63) is 132 Å². The number of rotatable bonds is 26. The van der Waals surface area contributed by atoms with Crippen molar-refractivity contribution >= 4 is 71.0 Å². The highest BCUT2D eigenvalue weighted by Crippen LogP contribution is 2.44. The summed E-state index contributed by atoms with van der Waals surface area (Å²) in [6, 6.07) is 41.9. The lowest BCUT2D eigenvalue weighted by Crippen LogP contribution is -2.31. The smallest absolute Gasteiger partial charge is 0.306 e. The van der Waals surface area contributed by atoms with Gasteiger partial charge in [0.25, 0.3) is 0 Å². The number of ether oxygens (including phenoxy) is 6. The SMILES string of the molecule is CCCCCCCC(=O)OC(COc1cccc2ccccc12)COc1c2ccccc2c(OCC(COc2cccc3ccccc23)OC(=O)CCCCCCC)c2cc(Br)ccc12. The molecule has 2 unspecified atom stereocenters. The second-order valence-electron chi connectivity index (χ2n) is 16.6. The molecule has 0 spiro atoms. The van der Waals surface area contributed by atoms with E-state index >= 15 is 0 Å². The Kier molecular flexibility index (Phi) is 17.8. The van der Waals surface area contributed by atoms with Crippen LogP contribution in [-0.4, -0.2) is 50.6 Å². The molecular formula is C56H61BrO8. The normalized spacial score (nSPS) is 12.3. The molecule has 2 atom stereocenters. The summed E-state index contributed by atoms with van der Waals surface area (Å²) in [5.74, 6) is 2.14. The van der Waals surface area contributed by atoms with Crippen LogP contribution in [0.25, 0.3) is 43.1 Å². The van der Waals surface area contributed by atoms with Crippen molar-refractivity contribution in [2.24, 2.45) is 0 Å². The molecular weight excluding hydrogens is 881 g/mol. The van der Waals surface area contributed by atoms with Gasteiger partial charge in [0.2, 0.25) is 0 Å². The highest BCUT2D eigenvalue weighted by Gasteiger charge is 2.24. The van der Waals surface area contributed by atoms with Crippen LogP contribution in [0, 0.1) is 0 Å². The summed E-state index contributed by atoms with van der Waals surface area (Å²) in [6.07, 6.45) is 9.57. The van der Waals surface area contributed by atoms with E-state index in [-0.39, 0.29) is 38.4 Å². The third-order valence-corrected chi connectivity index (χ3v) is 12.1. The Labute approximate surface area is 391 Å². The average molecular weight is 942 g/mol. The lowest BCUT2D eigenvalue weighted by molar-refractivity contribution is -0.153. The maximum absolute atomic E-state index is 13.3. The Balaban J connectivity index is 1.14. The summed E-state index contributed by atoms with van der Waals surface area (Å²) in [5, 5.41) is 7.34. The largest absolute Gasteiger partial charge is 0.489 e. The molecule has 0 fully saturated rings. The monoisotopic (exact) mass is 940 g/mol. The number of hydrogen-bond donors (Lipinski definition) is 0. The van der Waals surface area contributed by atoms with E-state index in [2.05, 4.69) is 29.8 Å². The number of halogens is 1. The Morgan fingerprint density at radius 1 is 0.431 bits per heavy atom. The first kappa shape index (κ1) is 47.2. The quantitative estimate of drug-likeness (QED) is 0.0301. The third-order valence-electron chi connectivity index (χ3n) is 11.6. The van der Waals surface area contributed by atoms with Crippen LogP contribution in [-0.2, 0) is 19.1 Å². The minimum Gasteiger partial charge on any atom is -0.489 e. The first-order valence-corrected chi connectivity index (χ1v) is 24.2. The van der Waals surface area contributed by atoms with Crippen molar-refractivity contribution < 1.29 is 38.0 Å². The molecule has 0 heterocycles. The van der Waals surface area contributed by atoms with Gasteiger partial charge < -0.3 is 28.4 Å². The standard InChI is InChI=1S/C56H61BrO8/c1-3-5-7-9-11-31-53(58)64-43(36-60-51-29-19-23-40-21-13-15-25-45(40)51)38-62-55-47-27-17-18-28-48(47)56(50-35-42(57)33-34-49(50)55)63-39-44(65-54(59)32-12-10-8-6-4-2)37-61-52-30-20-24-41-22-14-16-26-46(41)52/h13-30,33-35,43-44H,3-12,31-32,36-39H2,1-2H3. The van der Waals surface area contributed by atoms with Gasteiger partial charge in [-0.15, -0.1) is 0 Å². The summed E-state index contributed by atoms with van der Waals surface area (Å²) >= 11 is 3.70. The van der Waals surface area contributed by atoms with E-state index in [0.29, 0.717) is 35.8 Å². The number of carbonyl (C=O) groups excluding carboxylic acids is 2. The van der Waals surface area contributed by atoms with Gasteiger partial charge in [0, 0.05) is 49.6 Å². The van der Waals surface area contributed by atoms with E-state index in [1.165, 1.54) is 0 Å². The first-order valence-electron chi connectivity index (χ1n) is 23.4. The molecule has 0 aliphatic carbocycles. The van der Waals surface area contributed by atoms with Gasteiger partial charge in [-0.1, -0.05) is 178 Å². The van der Waals surface area contributed by atoms with Crippen molar-refractivity contribution in [2.75, 3.05) is 26.4 Å². The molecule has 7 aromatic rings. The molecule has 340 valence electrons. The van der Waals surface area contributed by atoms with E-state index < -0.39 is 12.2 Å². The van der Waals surface area contributed by atoms with Crippen LogP contribution in [0.1, 0.15) is 90.9 Å². The highest BCUT2D eigenvalue weighted by atomic mass is 79.9. The number of carbonyl (C=O) groups is 2.